The highest BCUT2D eigenvalue weighted by molar-refractivity contribution is 7.16. The number of nitrogens with two attached hydrogens (primary N) is 1. The van der Waals surface area contributed by atoms with Gasteiger partial charge in [-0.1, -0.05) is 11.3 Å². The van der Waals surface area contributed by atoms with Crippen LogP contribution in [0, 0.1) is 0 Å². The van der Waals surface area contributed by atoms with Crippen molar-refractivity contribution in [2.75, 3.05) is 25.9 Å². The van der Waals surface area contributed by atoms with Crippen molar-refractivity contribution in [3.8, 4) is 0 Å². The molecule has 0 saturated carbocycles. The third-order valence-electron chi connectivity index (χ3n) is 3.07. The van der Waals surface area contributed by atoms with Gasteiger partial charge in [-0.25, -0.2) is 0 Å². The number of carbonyl (C=O) groups excluding carboxylic acids is 2. The Kier molecular flexibility index (Phi) is 2.97. The van der Waals surface area contributed by atoms with Crippen LogP contribution in [0.1, 0.15) is 23.6 Å². The van der Waals surface area contributed by atoms with Crippen LogP contribution in [0.3, 0.4) is 0 Å². The molecule has 0 radical (unpaired) electrons. The van der Waals surface area contributed by atoms with Crippen molar-refractivity contribution >= 4 is 28.3 Å². The molecule has 0 spiro atoms. The smallest absolute Gasteiger partial charge is 0.285 e. The summed E-state index contributed by atoms with van der Waals surface area (Å²) in [5, 5.41) is 7.81. The number of nitrogens with zero attached hydrogens (tertiary/aromatic N) is 4. The highest BCUT2D eigenvalue weighted by atomic mass is 32.1. The molecule has 1 aromatic rings. The second-order valence-electron chi connectivity index (χ2n) is 4.69. The SMILES string of the molecule is CN1CCN(C(=O)c2nnc(N)s2)C(C)(C)C1=O. The summed E-state index contributed by atoms with van der Waals surface area (Å²) >= 11 is 1.03. The first-order chi connectivity index (χ1) is 8.34. The average molecular weight is 269 g/mol. The van der Waals surface area contributed by atoms with Gasteiger partial charge in [-0.05, 0) is 13.8 Å². The van der Waals surface area contributed by atoms with Gasteiger partial charge < -0.3 is 15.5 Å². The van der Waals surface area contributed by atoms with E-state index in [1.165, 1.54) is 4.90 Å². The fraction of sp³-hybridized carbons (Fsp3) is 0.600. The number of nitrogen functional groups attached to an aromatic ring is 1. The number of aromatic nitrogens is 2. The lowest BCUT2D eigenvalue weighted by Gasteiger charge is -2.44. The summed E-state index contributed by atoms with van der Waals surface area (Å²) in [7, 11) is 1.73. The maximum absolute atomic E-state index is 12.3. The van der Waals surface area contributed by atoms with Gasteiger partial charge in [0.05, 0.1) is 0 Å². The Hall–Kier alpha value is -1.70. The van der Waals surface area contributed by atoms with Gasteiger partial charge in [0.25, 0.3) is 5.91 Å². The number of rotatable bonds is 1. The van der Waals surface area contributed by atoms with Gasteiger partial charge in [-0.2, -0.15) is 0 Å². The van der Waals surface area contributed by atoms with E-state index in [1.807, 2.05) is 0 Å². The summed E-state index contributed by atoms with van der Waals surface area (Å²) in [4.78, 5) is 27.5. The third kappa shape index (κ3) is 1.92. The standard InChI is InChI=1S/C10H15N5O2S/c1-10(2)8(17)14(3)4-5-15(10)7(16)6-12-13-9(11)18-6/h4-5H2,1-3H3,(H2,11,13). The van der Waals surface area contributed by atoms with E-state index in [2.05, 4.69) is 10.2 Å². The number of anilines is 1. The van der Waals surface area contributed by atoms with Gasteiger partial charge in [0, 0.05) is 20.1 Å². The van der Waals surface area contributed by atoms with Crippen LogP contribution in [0.4, 0.5) is 5.13 Å². The average Bonchev–Trinajstić information content (AvgIpc) is 2.72. The van der Waals surface area contributed by atoms with E-state index in [4.69, 9.17) is 5.73 Å². The van der Waals surface area contributed by atoms with Crippen LogP contribution in [0.25, 0.3) is 0 Å². The first kappa shape index (κ1) is 12.7. The number of hydrogen-bond donors (Lipinski definition) is 1. The predicted octanol–water partition coefficient (Wildman–Crippen LogP) is -0.187. The monoisotopic (exact) mass is 269 g/mol. The number of hydrogen-bond acceptors (Lipinski definition) is 6. The molecule has 98 valence electrons. The molecule has 0 aliphatic carbocycles. The van der Waals surface area contributed by atoms with E-state index < -0.39 is 5.54 Å². The molecule has 1 fully saturated rings. The van der Waals surface area contributed by atoms with Gasteiger partial charge in [-0.15, -0.1) is 10.2 Å². The molecule has 0 unspecified atom stereocenters. The maximum atomic E-state index is 12.3. The first-order valence-electron chi connectivity index (χ1n) is 5.50. The molecule has 2 amide bonds. The number of amides is 2. The van der Waals surface area contributed by atoms with Crippen LogP contribution >= 0.6 is 11.3 Å². The lowest BCUT2D eigenvalue weighted by molar-refractivity contribution is -0.144. The second kappa shape index (κ2) is 4.20. The van der Waals surface area contributed by atoms with E-state index in [-0.39, 0.29) is 22.0 Å². The lowest BCUT2D eigenvalue weighted by atomic mass is 9.98. The molecule has 2 heterocycles. The molecular weight excluding hydrogens is 254 g/mol. The summed E-state index contributed by atoms with van der Waals surface area (Å²) < 4.78 is 0. The Morgan fingerprint density at radius 3 is 2.61 bits per heavy atom. The Labute approximate surface area is 109 Å². The largest absolute Gasteiger partial charge is 0.374 e. The molecule has 8 heteroatoms. The van der Waals surface area contributed by atoms with Gasteiger partial charge in [0.1, 0.15) is 5.54 Å². The second-order valence-corrected chi connectivity index (χ2v) is 5.70. The number of piperazine rings is 1. The van der Waals surface area contributed by atoms with Crippen molar-refractivity contribution in [3.63, 3.8) is 0 Å². The minimum atomic E-state index is -0.871. The molecule has 1 aliphatic heterocycles. The van der Waals surface area contributed by atoms with Crippen LogP contribution < -0.4 is 5.73 Å². The zero-order valence-corrected chi connectivity index (χ0v) is 11.3. The maximum Gasteiger partial charge on any atom is 0.285 e. The van der Waals surface area contributed by atoms with Gasteiger partial charge >= 0.3 is 0 Å². The zero-order chi connectivity index (χ0) is 13.5. The minimum absolute atomic E-state index is 0.0837. The van der Waals surface area contributed by atoms with E-state index in [9.17, 15) is 9.59 Å². The molecular formula is C10H15N5O2S. The van der Waals surface area contributed by atoms with E-state index in [1.54, 1.807) is 25.8 Å². The fourth-order valence-corrected chi connectivity index (χ4v) is 2.56. The molecule has 0 aromatic carbocycles. The van der Waals surface area contributed by atoms with Crippen molar-refractivity contribution in [1.29, 1.82) is 0 Å². The quantitative estimate of drug-likeness (QED) is 0.763. The van der Waals surface area contributed by atoms with Crippen molar-refractivity contribution in [2.45, 2.75) is 19.4 Å². The third-order valence-corrected chi connectivity index (χ3v) is 3.81. The number of carbonyl (C=O) groups is 2. The molecule has 0 bridgehead atoms. The molecule has 18 heavy (non-hydrogen) atoms. The van der Waals surface area contributed by atoms with Gasteiger partial charge in [-0.3, -0.25) is 9.59 Å². The Bertz CT molecular complexity index is 498. The molecule has 2 N–H and O–H groups in total. The summed E-state index contributed by atoms with van der Waals surface area (Å²) in [6.45, 7) is 4.45. The fourth-order valence-electron chi connectivity index (χ4n) is 2.01. The van der Waals surface area contributed by atoms with Gasteiger partial charge in [0.2, 0.25) is 16.0 Å². The normalized spacial score (nSPS) is 19.2. The summed E-state index contributed by atoms with van der Waals surface area (Å²) in [5.74, 6) is -0.379. The van der Waals surface area contributed by atoms with E-state index in [0.717, 1.165) is 11.3 Å². The van der Waals surface area contributed by atoms with Gasteiger partial charge in [0.15, 0.2) is 0 Å². The van der Waals surface area contributed by atoms with Crippen LogP contribution in [0.5, 0.6) is 0 Å². The Balaban J connectivity index is 2.28. The topological polar surface area (TPSA) is 92.4 Å². The van der Waals surface area contributed by atoms with Crippen LogP contribution in [-0.2, 0) is 4.79 Å². The van der Waals surface area contributed by atoms with Crippen molar-refractivity contribution in [2.24, 2.45) is 0 Å². The molecule has 1 aliphatic rings. The molecule has 2 rings (SSSR count). The Morgan fingerprint density at radius 2 is 2.06 bits per heavy atom. The minimum Gasteiger partial charge on any atom is -0.374 e. The van der Waals surface area contributed by atoms with E-state index >= 15 is 0 Å². The van der Waals surface area contributed by atoms with Crippen molar-refractivity contribution in [1.82, 2.24) is 20.0 Å². The van der Waals surface area contributed by atoms with Crippen LogP contribution in [-0.4, -0.2) is 57.5 Å². The zero-order valence-electron chi connectivity index (χ0n) is 10.5. The molecule has 1 saturated heterocycles. The van der Waals surface area contributed by atoms with E-state index in [0.29, 0.717) is 13.1 Å². The highest BCUT2D eigenvalue weighted by Gasteiger charge is 2.43. The van der Waals surface area contributed by atoms with Crippen LogP contribution in [0.2, 0.25) is 0 Å². The van der Waals surface area contributed by atoms with Crippen LogP contribution in [0.15, 0.2) is 0 Å². The van der Waals surface area contributed by atoms with Crippen molar-refractivity contribution in [3.05, 3.63) is 5.01 Å². The lowest BCUT2D eigenvalue weighted by Crippen LogP contribution is -2.63. The highest BCUT2D eigenvalue weighted by Crippen LogP contribution is 2.25. The summed E-state index contributed by atoms with van der Waals surface area (Å²) in [6, 6.07) is 0. The summed E-state index contributed by atoms with van der Waals surface area (Å²) in [6.07, 6.45) is 0. The summed E-state index contributed by atoms with van der Waals surface area (Å²) in [5.41, 5.74) is 4.59. The Morgan fingerprint density at radius 1 is 1.39 bits per heavy atom. The first-order valence-corrected chi connectivity index (χ1v) is 6.32. The molecule has 7 nitrogen and oxygen atoms in total. The molecule has 1 aromatic heterocycles. The molecule has 0 atom stereocenters. The predicted molar refractivity (Wildman–Crippen MR) is 67.1 cm³/mol. The van der Waals surface area contributed by atoms with Crippen molar-refractivity contribution < 1.29 is 9.59 Å². The number of likely N-dealkylation sites (N-methyl/N-ethyl adjacent to an activating group) is 1.